The normalized spacial score (nSPS) is 36.8. The van der Waals surface area contributed by atoms with Crippen LogP contribution in [-0.2, 0) is 18.3 Å². The summed E-state index contributed by atoms with van der Waals surface area (Å²) in [7, 11) is -3.03. The maximum atomic E-state index is 11.8. The number of H-pyrrole nitrogens is 1. The lowest BCUT2D eigenvalue weighted by Gasteiger charge is -2.28. The number of fused-ring (bicyclic) bond motifs is 1. The van der Waals surface area contributed by atoms with Gasteiger partial charge in [-0.25, -0.2) is 4.79 Å². The number of nitrogens with zero attached hydrogens (tertiary/aromatic N) is 1. The van der Waals surface area contributed by atoms with E-state index in [9.17, 15) is 14.2 Å². The molecule has 0 aromatic carbocycles. The van der Waals surface area contributed by atoms with E-state index in [2.05, 4.69) is 4.98 Å². The van der Waals surface area contributed by atoms with Crippen molar-refractivity contribution in [3.8, 4) is 0 Å². The topological polar surface area (TPSA) is 99.6 Å². The average molecular weight is 302 g/mol. The average Bonchev–Trinajstić information content (AvgIpc) is 2.74. The molecule has 1 aromatic rings. The van der Waals surface area contributed by atoms with Crippen molar-refractivity contribution in [1.82, 2.24) is 9.55 Å². The molecule has 0 amide bonds. The van der Waals surface area contributed by atoms with E-state index in [0.29, 0.717) is 12.0 Å². The molecule has 1 unspecified atom stereocenters. The van der Waals surface area contributed by atoms with Crippen LogP contribution in [-0.4, -0.2) is 35.0 Å². The number of hydrogen-bond donors (Lipinski definition) is 1. The van der Waals surface area contributed by atoms with Crippen molar-refractivity contribution in [2.24, 2.45) is 0 Å². The molecule has 2 saturated heterocycles. The molecule has 0 radical (unpaired) electrons. The van der Waals surface area contributed by atoms with Crippen molar-refractivity contribution in [2.45, 2.75) is 31.8 Å². The number of hydrogen-bond acceptors (Lipinski definition) is 6. The van der Waals surface area contributed by atoms with E-state index in [1.807, 2.05) is 0 Å². The van der Waals surface area contributed by atoms with E-state index in [1.165, 1.54) is 17.4 Å². The van der Waals surface area contributed by atoms with Gasteiger partial charge in [0.05, 0.1) is 12.7 Å². The fourth-order valence-electron chi connectivity index (χ4n) is 2.42. The van der Waals surface area contributed by atoms with Crippen LogP contribution in [0.1, 0.15) is 18.2 Å². The number of aromatic amines is 1. The molecule has 2 aliphatic rings. The van der Waals surface area contributed by atoms with Gasteiger partial charge in [0.2, 0.25) is 0 Å². The Morgan fingerprint density at radius 1 is 1.40 bits per heavy atom. The quantitative estimate of drug-likeness (QED) is 0.752. The zero-order chi connectivity index (χ0) is 14.5. The summed E-state index contributed by atoms with van der Waals surface area (Å²) < 4.78 is 29.2. The summed E-state index contributed by atoms with van der Waals surface area (Å²) in [4.78, 5) is 25.4. The molecular weight excluding hydrogens is 287 g/mol. The highest BCUT2D eigenvalue weighted by atomic mass is 31.2. The van der Waals surface area contributed by atoms with E-state index in [-0.39, 0.29) is 18.8 Å². The Morgan fingerprint density at radius 2 is 2.15 bits per heavy atom. The molecular formula is C11H15N2O6P. The lowest BCUT2D eigenvalue weighted by Crippen LogP contribution is -2.33. The van der Waals surface area contributed by atoms with Gasteiger partial charge in [-0.15, -0.1) is 0 Å². The number of ether oxygens (including phenoxy) is 1. The van der Waals surface area contributed by atoms with Crippen LogP contribution in [0.2, 0.25) is 0 Å². The van der Waals surface area contributed by atoms with Gasteiger partial charge in [0.15, 0.2) is 0 Å². The summed E-state index contributed by atoms with van der Waals surface area (Å²) in [5.74, 6) is 0. The molecule has 3 rings (SSSR count). The van der Waals surface area contributed by atoms with Crippen LogP contribution in [0.4, 0.5) is 0 Å². The summed E-state index contributed by atoms with van der Waals surface area (Å²) in [6.07, 6.45) is 0.548. The lowest BCUT2D eigenvalue weighted by molar-refractivity contribution is -0.0580. The van der Waals surface area contributed by atoms with Gasteiger partial charge in [-0.3, -0.25) is 18.9 Å². The maximum absolute atomic E-state index is 11.8. The van der Waals surface area contributed by atoms with Crippen molar-refractivity contribution in [3.05, 3.63) is 32.6 Å². The summed E-state index contributed by atoms with van der Waals surface area (Å²) >= 11 is 0. The van der Waals surface area contributed by atoms with Crippen molar-refractivity contribution in [1.29, 1.82) is 0 Å². The minimum absolute atomic E-state index is 0.173. The Hall–Kier alpha value is -1.21. The van der Waals surface area contributed by atoms with E-state index in [4.69, 9.17) is 13.8 Å². The second-order valence-electron chi connectivity index (χ2n) is 5.05. The SMILES string of the molecule is Cc1cn([C@H]2C[C@@H]3OP(C)(=O)OC[C@H]3O2)c(=O)[nH]c1=O. The van der Waals surface area contributed by atoms with Gasteiger partial charge in [0.25, 0.3) is 5.56 Å². The fourth-order valence-corrected chi connectivity index (χ4v) is 3.61. The standard InChI is InChI=1S/C11H15N2O6P/c1-6-4-13(11(15)12-10(6)14)9-3-7-8(18-9)5-17-20(2,16)19-7/h4,7-9H,3,5H2,1-2H3,(H,12,14,15)/t7-,8+,9+,20?/m0/s1. The first-order valence-electron chi connectivity index (χ1n) is 6.24. The molecule has 2 aliphatic heterocycles. The summed E-state index contributed by atoms with van der Waals surface area (Å²) in [6.45, 7) is 3.19. The molecule has 1 N–H and O–H groups in total. The van der Waals surface area contributed by atoms with Gasteiger partial charge in [-0.05, 0) is 6.92 Å². The van der Waals surface area contributed by atoms with Gasteiger partial charge in [-0.1, -0.05) is 0 Å². The molecule has 0 bridgehead atoms. The molecule has 1 aromatic heterocycles. The zero-order valence-corrected chi connectivity index (χ0v) is 12.0. The molecule has 20 heavy (non-hydrogen) atoms. The Bertz CT molecular complexity index is 695. The van der Waals surface area contributed by atoms with Gasteiger partial charge in [0.1, 0.15) is 12.3 Å². The third kappa shape index (κ3) is 2.40. The predicted octanol–water partition coefficient (Wildman–Crippen LogP) is 0.371. The molecule has 110 valence electrons. The number of nitrogens with one attached hydrogen (secondary N) is 1. The molecule has 9 heteroatoms. The highest BCUT2D eigenvalue weighted by Gasteiger charge is 2.45. The van der Waals surface area contributed by atoms with Crippen molar-refractivity contribution in [3.63, 3.8) is 0 Å². The van der Waals surface area contributed by atoms with Crippen LogP contribution >= 0.6 is 7.60 Å². The third-order valence-corrected chi connectivity index (χ3v) is 4.71. The van der Waals surface area contributed by atoms with Gasteiger partial charge in [0, 0.05) is 24.8 Å². The molecule has 0 saturated carbocycles. The fraction of sp³-hybridized carbons (Fsp3) is 0.636. The van der Waals surface area contributed by atoms with Crippen LogP contribution in [0.25, 0.3) is 0 Å². The molecule has 4 atom stereocenters. The molecule has 8 nitrogen and oxygen atoms in total. The first kappa shape index (κ1) is 13.8. The van der Waals surface area contributed by atoms with Crippen LogP contribution in [0.15, 0.2) is 15.8 Å². The van der Waals surface area contributed by atoms with Crippen LogP contribution in [0, 0.1) is 6.92 Å². The second-order valence-corrected chi connectivity index (χ2v) is 7.07. The van der Waals surface area contributed by atoms with Crippen LogP contribution in [0.3, 0.4) is 0 Å². The minimum atomic E-state index is -3.03. The number of rotatable bonds is 1. The van der Waals surface area contributed by atoms with E-state index in [0.717, 1.165) is 0 Å². The lowest BCUT2D eigenvalue weighted by atomic mass is 10.2. The van der Waals surface area contributed by atoms with Crippen LogP contribution in [0.5, 0.6) is 0 Å². The summed E-state index contributed by atoms with van der Waals surface area (Å²) in [5.41, 5.74) is -0.537. The first-order chi connectivity index (χ1) is 9.35. The maximum Gasteiger partial charge on any atom is 0.330 e. The zero-order valence-electron chi connectivity index (χ0n) is 11.1. The van der Waals surface area contributed by atoms with E-state index >= 15 is 0 Å². The van der Waals surface area contributed by atoms with Gasteiger partial charge >= 0.3 is 13.3 Å². The Labute approximate surface area is 114 Å². The number of aromatic nitrogens is 2. The van der Waals surface area contributed by atoms with Crippen molar-refractivity contribution < 1.29 is 18.3 Å². The Balaban J connectivity index is 1.88. The van der Waals surface area contributed by atoms with Crippen molar-refractivity contribution in [2.75, 3.05) is 13.3 Å². The summed E-state index contributed by atoms with van der Waals surface area (Å²) in [5, 5.41) is 0. The Morgan fingerprint density at radius 3 is 2.90 bits per heavy atom. The van der Waals surface area contributed by atoms with Gasteiger partial charge in [-0.2, -0.15) is 0 Å². The van der Waals surface area contributed by atoms with E-state index < -0.39 is 25.1 Å². The van der Waals surface area contributed by atoms with E-state index in [1.54, 1.807) is 6.92 Å². The summed E-state index contributed by atoms with van der Waals surface area (Å²) in [6, 6.07) is 0. The minimum Gasteiger partial charge on any atom is -0.349 e. The molecule has 2 fully saturated rings. The monoisotopic (exact) mass is 302 g/mol. The Kier molecular flexibility index (Phi) is 3.21. The van der Waals surface area contributed by atoms with Crippen LogP contribution < -0.4 is 11.2 Å². The largest absolute Gasteiger partial charge is 0.349 e. The second kappa shape index (κ2) is 4.66. The highest BCUT2D eigenvalue weighted by molar-refractivity contribution is 7.53. The van der Waals surface area contributed by atoms with Crippen molar-refractivity contribution >= 4 is 7.60 Å². The smallest absolute Gasteiger partial charge is 0.330 e. The van der Waals surface area contributed by atoms with Gasteiger partial charge < -0.3 is 13.8 Å². The predicted molar refractivity (Wildman–Crippen MR) is 68.9 cm³/mol. The molecule has 3 heterocycles. The first-order valence-corrected chi connectivity index (χ1v) is 8.23. The number of aryl methyl sites for hydroxylation is 1. The molecule has 0 spiro atoms. The molecule has 0 aliphatic carbocycles. The third-order valence-electron chi connectivity index (χ3n) is 3.44. The highest BCUT2D eigenvalue weighted by Crippen LogP contribution is 2.52.